The van der Waals surface area contributed by atoms with Crippen LogP contribution in [0.1, 0.15) is 16.9 Å². The molecule has 2 N–H and O–H groups in total. The summed E-state index contributed by atoms with van der Waals surface area (Å²) in [7, 11) is 0. The topological polar surface area (TPSA) is 92.9 Å². The van der Waals surface area contributed by atoms with Gasteiger partial charge in [0.25, 0.3) is 5.91 Å². The van der Waals surface area contributed by atoms with Crippen LogP contribution in [0.25, 0.3) is 6.08 Å². The predicted molar refractivity (Wildman–Crippen MR) is 123 cm³/mol. The van der Waals surface area contributed by atoms with Crippen LogP contribution in [0.3, 0.4) is 0 Å². The molecule has 0 aliphatic carbocycles. The number of rotatable bonds is 8. The molecule has 158 valence electrons. The van der Waals surface area contributed by atoms with Crippen LogP contribution >= 0.6 is 15.9 Å². The Morgan fingerprint density at radius 2 is 2.03 bits per heavy atom. The molecule has 1 amide bonds. The Kier molecular flexibility index (Phi) is 7.78. The van der Waals surface area contributed by atoms with Crippen molar-refractivity contribution in [3.05, 3.63) is 88.3 Å². The summed E-state index contributed by atoms with van der Waals surface area (Å²) in [6, 6.07) is 16.2. The van der Waals surface area contributed by atoms with Crippen LogP contribution in [-0.2, 0) is 9.59 Å². The summed E-state index contributed by atoms with van der Waals surface area (Å²) in [5.41, 5.74) is 4.91. The Morgan fingerprint density at radius 1 is 1.16 bits per heavy atom. The first-order valence-electron chi connectivity index (χ1n) is 9.35. The van der Waals surface area contributed by atoms with Gasteiger partial charge >= 0.3 is 5.97 Å². The van der Waals surface area contributed by atoms with Crippen LogP contribution in [0, 0.1) is 6.92 Å². The van der Waals surface area contributed by atoms with E-state index in [0.717, 1.165) is 15.7 Å². The zero-order valence-electron chi connectivity index (χ0n) is 16.7. The number of carbonyl (C=O) groups excluding carboxylic acids is 2. The molecule has 0 atom stereocenters. The van der Waals surface area contributed by atoms with Crippen molar-refractivity contribution in [3.63, 3.8) is 0 Å². The summed E-state index contributed by atoms with van der Waals surface area (Å²) in [5, 5.41) is 6.99. The summed E-state index contributed by atoms with van der Waals surface area (Å²) >= 11 is 3.37. The molecule has 8 heteroatoms. The third-order valence-corrected chi connectivity index (χ3v) is 4.47. The van der Waals surface area contributed by atoms with Crippen LogP contribution in [0.2, 0.25) is 0 Å². The second kappa shape index (κ2) is 10.9. The molecule has 0 bridgehead atoms. The minimum Gasteiger partial charge on any atom is -0.465 e. The van der Waals surface area contributed by atoms with Gasteiger partial charge in [-0.1, -0.05) is 28.1 Å². The van der Waals surface area contributed by atoms with E-state index >= 15 is 0 Å². The minimum absolute atomic E-state index is 0.0681. The molecule has 0 aliphatic heterocycles. The maximum atomic E-state index is 12.1. The van der Waals surface area contributed by atoms with Gasteiger partial charge in [0.15, 0.2) is 0 Å². The number of amides is 1. The number of carbonyl (C=O) groups is 2. The summed E-state index contributed by atoms with van der Waals surface area (Å²) in [6.45, 7) is 2.05. The third kappa shape index (κ3) is 7.27. The monoisotopic (exact) mass is 481 g/mol. The van der Waals surface area contributed by atoms with Crippen molar-refractivity contribution < 1.29 is 18.7 Å². The average molecular weight is 482 g/mol. The molecule has 3 rings (SSSR count). The molecule has 1 aromatic heterocycles. The number of hydrogen-bond acceptors (Lipinski definition) is 6. The van der Waals surface area contributed by atoms with E-state index in [1.165, 1.54) is 24.6 Å². The summed E-state index contributed by atoms with van der Waals surface area (Å²) in [4.78, 5) is 24.1. The van der Waals surface area contributed by atoms with Gasteiger partial charge in [0.05, 0.1) is 19.0 Å². The first kappa shape index (κ1) is 22.0. The van der Waals surface area contributed by atoms with Crippen molar-refractivity contribution in [1.29, 1.82) is 0 Å². The number of aryl methyl sites for hydroxylation is 1. The van der Waals surface area contributed by atoms with E-state index < -0.39 is 5.97 Å². The molecule has 0 radical (unpaired) electrons. The molecular weight excluding hydrogens is 462 g/mol. The van der Waals surface area contributed by atoms with Gasteiger partial charge in [-0.15, -0.1) is 0 Å². The van der Waals surface area contributed by atoms with Gasteiger partial charge in [-0.25, -0.2) is 10.2 Å². The summed E-state index contributed by atoms with van der Waals surface area (Å²) < 4.78 is 11.3. The lowest BCUT2D eigenvalue weighted by atomic mass is 10.2. The number of ether oxygens (including phenoxy) is 1. The van der Waals surface area contributed by atoms with E-state index in [1.54, 1.807) is 30.3 Å². The Balaban J connectivity index is 1.57. The van der Waals surface area contributed by atoms with E-state index in [0.29, 0.717) is 17.1 Å². The van der Waals surface area contributed by atoms with E-state index in [1.807, 2.05) is 31.2 Å². The second-order valence-electron chi connectivity index (χ2n) is 6.47. The van der Waals surface area contributed by atoms with E-state index in [-0.39, 0.29) is 12.5 Å². The Hall–Kier alpha value is -3.65. The standard InChI is InChI=1S/C23H20BrN3O4/c1-16-4-2-5-19(12-16)25-15-22(28)27-26-14-17-13-18(24)7-9-21(17)31-23(29)10-8-20-6-3-11-30-20/h2-14,25H,15H2,1H3,(H,27,28). The number of hydrazone groups is 1. The number of hydrogen-bond donors (Lipinski definition) is 2. The van der Waals surface area contributed by atoms with Crippen molar-refractivity contribution in [2.75, 3.05) is 11.9 Å². The van der Waals surface area contributed by atoms with Crippen LogP contribution in [-0.4, -0.2) is 24.6 Å². The highest BCUT2D eigenvalue weighted by atomic mass is 79.9. The number of nitrogens with zero attached hydrogens (tertiary/aromatic N) is 1. The number of halogens is 1. The van der Waals surface area contributed by atoms with Crippen molar-refractivity contribution in [1.82, 2.24) is 5.43 Å². The highest BCUT2D eigenvalue weighted by Crippen LogP contribution is 2.22. The zero-order chi connectivity index (χ0) is 22.1. The maximum absolute atomic E-state index is 12.1. The van der Waals surface area contributed by atoms with E-state index in [4.69, 9.17) is 9.15 Å². The van der Waals surface area contributed by atoms with Gasteiger partial charge in [-0.05, 0) is 61.0 Å². The largest absolute Gasteiger partial charge is 0.465 e. The fourth-order valence-corrected chi connectivity index (χ4v) is 2.92. The van der Waals surface area contributed by atoms with Gasteiger partial charge < -0.3 is 14.5 Å². The molecule has 7 nitrogen and oxygen atoms in total. The molecular formula is C23H20BrN3O4. The van der Waals surface area contributed by atoms with Crippen molar-refractivity contribution in [3.8, 4) is 5.75 Å². The fraction of sp³-hybridized carbons (Fsp3) is 0.0870. The van der Waals surface area contributed by atoms with Crippen molar-refractivity contribution in [2.24, 2.45) is 5.10 Å². The Labute approximate surface area is 187 Å². The van der Waals surface area contributed by atoms with E-state index in [9.17, 15) is 9.59 Å². The number of benzene rings is 2. The van der Waals surface area contributed by atoms with Gasteiger partial charge in [0.1, 0.15) is 11.5 Å². The zero-order valence-corrected chi connectivity index (χ0v) is 18.3. The molecule has 0 unspecified atom stereocenters. The second-order valence-corrected chi connectivity index (χ2v) is 7.38. The molecule has 0 spiro atoms. The highest BCUT2D eigenvalue weighted by Gasteiger charge is 2.08. The van der Waals surface area contributed by atoms with Gasteiger partial charge in [-0.3, -0.25) is 4.79 Å². The average Bonchev–Trinajstić information content (AvgIpc) is 3.26. The Bertz CT molecular complexity index is 1110. The molecule has 3 aromatic rings. The van der Waals surface area contributed by atoms with Gasteiger partial charge in [-0.2, -0.15) is 5.10 Å². The summed E-state index contributed by atoms with van der Waals surface area (Å²) in [5.74, 6) is -0.0443. The number of anilines is 1. The van der Waals surface area contributed by atoms with Crippen molar-refractivity contribution in [2.45, 2.75) is 6.92 Å². The van der Waals surface area contributed by atoms with Crippen molar-refractivity contribution >= 4 is 45.8 Å². The van der Waals surface area contributed by atoms with Crippen LogP contribution < -0.4 is 15.5 Å². The fourth-order valence-electron chi connectivity index (χ4n) is 2.54. The predicted octanol–water partition coefficient (Wildman–Crippen LogP) is 4.53. The molecule has 31 heavy (non-hydrogen) atoms. The lowest BCUT2D eigenvalue weighted by Crippen LogP contribution is -2.25. The molecule has 2 aromatic carbocycles. The number of nitrogens with one attached hydrogen (secondary N) is 2. The van der Waals surface area contributed by atoms with Crippen LogP contribution in [0.15, 0.2) is 80.9 Å². The molecule has 1 heterocycles. The minimum atomic E-state index is -0.570. The molecule has 0 saturated carbocycles. The normalized spacial score (nSPS) is 11.0. The lowest BCUT2D eigenvalue weighted by Gasteiger charge is -2.07. The maximum Gasteiger partial charge on any atom is 0.336 e. The highest BCUT2D eigenvalue weighted by molar-refractivity contribution is 9.10. The molecule has 0 saturated heterocycles. The lowest BCUT2D eigenvalue weighted by molar-refractivity contribution is -0.129. The van der Waals surface area contributed by atoms with Crippen LogP contribution in [0.4, 0.5) is 5.69 Å². The Morgan fingerprint density at radius 3 is 2.81 bits per heavy atom. The number of esters is 1. The number of furan rings is 1. The first-order valence-corrected chi connectivity index (χ1v) is 10.1. The first-order chi connectivity index (χ1) is 15.0. The van der Waals surface area contributed by atoms with E-state index in [2.05, 4.69) is 31.8 Å². The quantitative estimate of drug-likeness (QED) is 0.162. The molecule has 0 fully saturated rings. The van der Waals surface area contributed by atoms with Crippen LogP contribution in [0.5, 0.6) is 5.75 Å². The van der Waals surface area contributed by atoms with Gasteiger partial charge in [0.2, 0.25) is 0 Å². The molecule has 0 aliphatic rings. The van der Waals surface area contributed by atoms with Gasteiger partial charge in [0, 0.05) is 21.8 Å². The SMILES string of the molecule is Cc1cccc(NCC(=O)NN=Cc2cc(Br)ccc2OC(=O)C=Cc2ccco2)c1. The third-order valence-electron chi connectivity index (χ3n) is 3.97. The smallest absolute Gasteiger partial charge is 0.336 e. The summed E-state index contributed by atoms with van der Waals surface area (Å²) in [6.07, 6.45) is 5.70.